The van der Waals surface area contributed by atoms with Gasteiger partial charge in [-0.25, -0.2) is 8.42 Å². The van der Waals surface area contributed by atoms with Gasteiger partial charge in [-0.15, -0.1) is 5.10 Å². The van der Waals surface area contributed by atoms with Crippen LogP contribution >= 0.6 is 0 Å². The second kappa shape index (κ2) is 9.11. The molecule has 2 fully saturated rings. The molecular formula is C21H27N5O3S. The van der Waals surface area contributed by atoms with Crippen LogP contribution in [0.4, 0.5) is 11.5 Å². The number of rotatable bonds is 5. The van der Waals surface area contributed by atoms with Crippen molar-refractivity contribution >= 4 is 27.6 Å². The Balaban J connectivity index is 1.38. The topological polar surface area (TPSA) is 78.9 Å². The zero-order valence-corrected chi connectivity index (χ0v) is 18.0. The minimum atomic E-state index is -3.45. The molecule has 4 rings (SSSR count). The van der Waals surface area contributed by atoms with Crippen LogP contribution in [0, 0.1) is 6.92 Å². The summed E-state index contributed by atoms with van der Waals surface area (Å²) in [5.41, 5.74) is 3.05. The van der Waals surface area contributed by atoms with Crippen molar-refractivity contribution in [1.29, 1.82) is 0 Å². The molecule has 2 aliphatic heterocycles. The molecule has 2 aliphatic rings. The summed E-state index contributed by atoms with van der Waals surface area (Å²) in [7, 11) is -3.45. The number of sulfonamides is 1. The Kier molecular flexibility index (Phi) is 6.31. The predicted octanol–water partition coefficient (Wildman–Crippen LogP) is 1.74. The summed E-state index contributed by atoms with van der Waals surface area (Å²) in [4.78, 5) is 4.32. The van der Waals surface area contributed by atoms with Crippen LogP contribution in [0.5, 0.6) is 0 Å². The number of anilines is 2. The lowest BCUT2D eigenvalue weighted by atomic mass is 10.2. The molecule has 0 radical (unpaired) electrons. The van der Waals surface area contributed by atoms with E-state index in [1.165, 1.54) is 9.71 Å². The molecule has 0 unspecified atom stereocenters. The average Bonchev–Trinajstić information content (AvgIpc) is 2.79. The maximum absolute atomic E-state index is 12.7. The SMILES string of the molecule is Cc1ccc(/C=C/S(=O)(=O)N2CCN(c3cc(N4CCOCC4)cnn3)CC2)cc1. The highest BCUT2D eigenvalue weighted by Crippen LogP contribution is 2.22. The Bertz CT molecular complexity index is 980. The van der Waals surface area contributed by atoms with Gasteiger partial charge in [-0.3, -0.25) is 0 Å². The Morgan fingerprint density at radius 3 is 2.37 bits per heavy atom. The van der Waals surface area contributed by atoms with Gasteiger partial charge in [-0.2, -0.15) is 9.40 Å². The first-order chi connectivity index (χ1) is 14.5. The largest absolute Gasteiger partial charge is 0.378 e. The molecule has 0 bridgehead atoms. The van der Waals surface area contributed by atoms with Gasteiger partial charge in [0, 0.05) is 50.7 Å². The molecule has 1 aromatic carbocycles. The van der Waals surface area contributed by atoms with Crippen LogP contribution in [-0.4, -0.2) is 75.4 Å². The van der Waals surface area contributed by atoms with Crippen molar-refractivity contribution < 1.29 is 13.2 Å². The molecule has 2 aromatic rings. The minimum Gasteiger partial charge on any atom is -0.378 e. The second-order valence-corrected chi connectivity index (χ2v) is 9.33. The van der Waals surface area contributed by atoms with Crippen molar-refractivity contribution in [3.8, 4) is 0 Å². The first-order valence-corrected chi connectivity index (χ1v) is 11.7. The van der Waals surface area contributed by atoms with Crippen LogP contribution in [0.1, 0.15) is 11.1 Å². The summed E-state index contributed by atoms with van der Waals surface area (Å²) in [6.45, 7) is 7.11. The fourth-order valence-corrected chi connectivity index (χ4v) is 4.77. The summed E-state index contributed by atoms with van der Waals surface area (Å²) in [6, 6.07) is 9.80. The molecule has 0 spiro atoms. The third-order valence-corrected chi connectivity index (χ3v) is 7.00. The molecule has 8 nitrogen and oxygen atoms in total. The summed E-state index contributed by atoms with van der Waals surface area (Å²) >= 11 is 0. The zero-order valence-electron chi connectivity index (χ0n) is 17.1. The van der Waals surface area contributed by atoms with E-state index in [0.717, 1.165) is 35.7 Å². The predicted molar refractivity (Wildman–Crippen MR) is 118 cm³/mol. The molecule has 9 heteroatoms. The summed E-state index contributed by atoms with van der Waals surface area (Å²) in [5, 5.41) is 9.72. The highest BCUT2D eigenvalue weighted by Gasteiger charge is 2.26. The lowest BCUT2D eigenvalue weighted by molar-refractivity contribution is 0.122. The summed E-state index contributed by atoms with van der Waals surface area (Å²) in [5.74, 6) is 0.784. The fraction of sp³-hybridized carbons (Fsp3) is 0.429. The minimum absolute atomic E-state index is 0.421. The first-order valence-electron chi connectivity index (χ1n) is 10.2. The van der Waals surface area contributed by atoms with Gasteiger partial charge in [0.1, 0.15) is 0 Å². The molecule has 160 valence electrons. The molecule has 0 N–H and O–H groups in total. The molecule has 3 heterocycles. The summed E-state index contributed by atoms with van der Waals surface area (Å²) in [6.07, 6.45) is 3.42. The number of aryl methyl sites for hydroxylation is 1. The van der Waals surface area contributed by atoms with Crippen LogP contribution < -0.4 is 9.80 Å². The normalized spacial score (nSPS) is 18.8. The number of benzene rings is 1. The summed E-state index contributed by atoms with van der Waals surface area (Å²) < 4.78 is 32.3. The van der Waals surface area contributed by atoms with Gasteiger partial charge in [0.2, 0.25) is 10.0 Å². The van der Waals surface area contributed by atoms with Crippen molar-refractivity contribution in [2.24, 2.45) is 0 Å². The Hall–Kier alpha value is -2.49. The fourth-order valence-electron chi connectivity index (χ4n) is 3.59. The van der Waals surface area contributed by atoms with Gasteiger partial charge in [-0.1, -0.05) is 29.8 Å². The van der Waals surface area contributed by atoms with E-state index in [9.17, 15) is 8.42 Å². The average molecular weight is 430 g/mol. The molecule has 0 amide bonds. The maximum Gasteiger partial charge on any atom is 0.236 e. The Morgan fingerprint density at radius 2 is 1.67 bits per heavy atom. The van der Waals surface area contributed by atoms with Crippen LogP contribution in [0.25, 0.3) is 6.08 Å². The number of nitrogens with zero attached hydrogens (tertiary/aromatic N) is 5. The number of hydrogen-bond donors (Lipinski definition) is 0. The van der Waals surface area contributed by atoms with Crippen molar-refractivity contribution in [3.05, 3.63) is 53.1 Å². The van der Waals surface area contributed by atoms with E-state index in [2.05, 4.69) is 20.0 Å². The van der Waals surface area contributed by atoms with E-state index in [4.69, 9.17) is 4.74 Å². The Labute approximate surface area is 177 Å². The third-order valence-electron chi connectivity index (χ3n) is 5.44. The number of ether oxygens (including phenoxy) is 1. The number of morpholine rings is 1. The quantitative estimate of drug-likeness (QED) is 0.716. The number of aromatic nitrogens is 2. The van der Waals surface area contributed by atoms with Crippen LogP contribution in [0.2, 0.25) is 0 Å². The van der Waals surface area contributed by atoms with E-state index in [-0.39, 0.29) is 0 Å². The lowest BCUT2D eigenvalue weighted by Crippen LogP contribution is -2.48. The van der Waals surface area contributed by atoms with E-state index in [1.807, 2.05) is 37.3 Å². The molecule has 0 aliphatic carbocycles. The smallest absolute Gasteiger partial charge is 0.236 e. The number of hydrogen-bond acceptors (Lipinski definition) is 7. The first kappa shape index (κ1) is 20.8. The van der Waals surface area contributed by atoms with Crippen LogP contribution in [-0.2, 0) is 14.8 Å². The van der Waals surface area contributed by atoms with Gasteiger partial charge in [0.25, 0.3) is 0 Å². The molecular weight excluding hydrogens is 402 g/mol. The van der Waals surface area contributed by atoms with Gasteiger partial charge >= 0.3 is 0 Å². The standard InChI is InChI=1S/C21H27N5O3S/c1-18-2-4-19(5-3-18)6-15-30(27,28)26-9-7-25(8-10-26)21-16-20(17-22-23-21)24-11-13-29-14-12-24/h2-6,15-17H,7-14H2,1H3/b15-6+. The van der Waals surface area contributed by atoms with Gasteiger partial charge < -0.3 is 14.5 Å². The second-order valence-electron chi connectivity index (χ2n) is 7.52. The third kappa shape index (κ3) is 4.97. The molecule has 1 aromatic heterocycles. The van der Waals surface area contributed by atoms with Gasteiger partial charge in [0.15, 0.2) is 5.82 Å². The lowest BCUT2D eigenvalue weighted by Gasteiger charge is -2.34. The van der Waals surface area contributed by atoms with Crippen LogP contribution in [0.3, 0.4) is 0 Å². The number of piperazine rings is 1. The maximum atomic E-state index is 12.7. The van der Waals surface area contributed by atoms with Crippen molar-refractivity contribution in [2.45, 2.75) is 6.92 Å². The Morgan fingerprint density at radius 1 is 0.967 bits per heavy atom. The molecule has 0 atom stereocenters. The highest BCUT2D eigenvalue weighted by atomic mass is 32.2. The molecule has 2 saturated heterocycles. The molecule has 30 heavy (non-hydrogen) atoms. The van der Waals surface area contributed by atoms with Crippen molar-refractivity contribution in [1.82, 2.24) is 14.5 Å². The van der Waals surface area contributed by atoms with E-state index >= 15 is 0 Å². The highest BCUT2D eigenvalue weighted by molar-refractivity contribution is 7.92. The zero-order chi connectivity index (χ0) is 21.0. The monoisotopic (exact) mass is 429 g/mol. The van der Waals surface area contributed by atoms with Crippen LogP contribution in [0.15, 0.2) is 41.9 Å². The molecule has 0 saturated carbocycles. The van der Waals surface area contributed by atoms with Crippen molar-refractivity contribution in [3.63, 3.8) is 0 Å². The van der Waals surface area contributed by atoms with E-state index < -0.39 is 10.0 Å². The van der Waals surface area contributed by atoms with E-state index in [0.29, 0.717) is 39.4 Å². The van der Waals surface area contributed by atoms with Crippen molar-refractivity contribution in [2.75, 3.05) is 62.3 Å². The van der Waals surface area contributed by atoms with E-state index in [1.54, 1.807) is 12.3 Å². The van der Waals surface area contributed by atoms with Gasteiger partial charge in [0.05, 0.1) is 25.1 Å². The van der Waals surface area contributed by atoms with Gasteiger partial charge in [-0.05, 0) is 18.6 Å².